The van der Waals surface area contributed by atoms with Crippen LogP contribution in [0.3, 0.4) is 0 Å². The second-order valence-corrected chi connectivity index (χ2v) is 28.5. The van der Waals surface area contributed by atoms with Gasteiger partial charge in [-0.15, -0.1) is 0 Å². The Bertz CT molecular complexity index is 2890. The zero-order valence-corrected chi connectivity index (χ0v) is 62.2. The predicted octanol–water partition coefficient (Wildman–Crippen LogP) is -4.90. The number of nitrogens with two attached hydrogens (primary N) is 5. The maximum Gasteiger partial charge on any atom is 0.326 e. The van der Waals surface area contributed by atoms with Crippen molar-refractivity contribution in [1.29, 1.82) is 0 Å². The van der Waals surface area contributed by atoms with E-state index in [0.29, 0.717) is 6.42 Å². The Labute approximate surface area is 602 Å². The van der Waals surface area contributed by atoms with Crippen LogP contribution in [0.4, 0.5) is 0 Å². The van der Waals surface area contributed by atoms with Crippen LogP contribution in [0.2, 0.25) is 0 Å². The summed E-state index contributed by atoms with van der Waals surface area (Å²) in [6.45, 7) is 21.2. The fourth-order valence-electron chi connectivity index (χ4n) is 10.2. The zero-order valence-electron chi connectivity index (χ0n) is 62.2. The molecule has 37 nitrogen and oxygen atoms in total. The predicted molar refractivity (Wildman–Crippen MR) is 379 cm³/mol. The third-order valence-electron chi connectivity index (χ3n) is 15.3. The van der Waals surface area contributed by atoms with Crippen LogP contribution in [0.25, 0.3) is 0 Å². The van der Waals surface area contributed by atoms with Gasteiger partial charge in [0.2, 0.25) is 88.6 Å². The van der Waals surface area contributed by atoms with Crippen molar-refractivity contribution < 1.29 is 86.9 Å². The highest BCUT2D eigenvalue weighted by atomic mass is 16.4. The van der Waals surface area contributed by atoms with E-state index >= 15 is 0 Å². The minimum atomic E-state index is -1.74. The van der Waals surface area contributed by atoms with Gasteiger partial charge in [-0.3, -0.25) is 76.9 Å². The first-order valence-corrected chi connectivity index (χ1v) is 34.9. The van der Waals surface area contributed by atoms with E-state index in [-0.39, 0.29) is 99.4 Å². The molecule has 11 atom stereocenters. The summed E-state index contributed by atoms with van der Waals surface area (Å²) in [6, 6.07) is -14.8. The molecule has 25 N–H and O–H groups in total. The number of carbonyl (C=O) groups excluding carboxylic acids is 15. The number of primary amides is 2. The summed E-state index contributed by atoms with van der Waals surface area (Å²) >= 11 is 0. The second kappa shape index (κ2) is 48.6. The van der Waals surface area contributed by atoms with Gasteiger partial charge >= 0.3 is 5.97 Å². The van der Waals surface area contributed by atoms with E-state index in [1.54, 1.807) is 69.2 Å². The van der Waals surface area contributed by atoms with Crippen molar-refractivity contribution in [3.05, 3.63) is 0 Å². The van der Waals surface area contributed by atoms with E-state index < -0.39 is 212 Å². The van der Waals surface area contributed by atoms with Crippen LogP contribution in [-0.2, 0) is 76.7 Å². The Morgan fingerprint density at radius 3 is 1.02 bits per heavy atom. The molecule has 37 heteroatoms. The molecular formula is C66H119N19O18. The van der Waals surface area contributed by atoms with Gasteiger partial charge in [-0.25, -0.2) is 4.79 Å². The lowest BCUT2D eigenvalue weighted by atomic mass is 9.98. The van der Waals surface area contributed by atoms with Gasteiger partial charge in [-0.2, -0.15) is 0 Å². The van der Waals surface area contributed by atoms with E-state index in [1.165, 1.54) is 0 Å². The number of aliphatic hydroxyl groups excluding tert-OH is 1. The van der Waals surface area contributed by atoms with Crippen molar-refractivity contribution >= 4 is 101 Å². The number of carboxylic acids is 1. The topological polar surface area (TPSA) is 612 Å². The standard InChI is InChI=1S/C66H119N19O18/c1-32(2)22-39(67)55(92)79-43(23-33(3)4)56(93)75-30-53(91)76-41(17-19-49(68)87)59(96)81-46(26-36(9)10)63(100)84-48(31-86)57(94)74-28-51(89)73-29-52(90)77-42(18-20-50(69)88)60(97)85-54(38(13)14)64(101)78-40(16-15-21-72-66(70)71)58(95)80-44(24-34(5)6)61(98)82-45(25-35(7)8)62(99)83-47(65(102)103)27-37(11)12/h32-48,54,86H,15-31,67H2,1-14H3,(H2,68,87)(H2,69,88)(H,73,89)(H,74,94)(H,75,93)(H,76,91)(H,77,90)(H,78,101)(H,79,92)(H,80,95)(H,81,96)(H,82,98)(H,83,99)(H,84,100)(H,85,97)(H,102,103)(H4,70,71,72)/t39-,40-,41-,42-,43-,44-,45-,46-,47-,48-,54-/m0/s1. The first-order chi connectivity index (χ1) is 47.9. The molecule has 0 aliphatic rings. The van der Waals surface area contributed by atoms with E-state index in [2.05, 4.69) is 74.1 Å². The number of carbonyl (C=O) groups is 16. The number of amides is 15. The average molecular weight is 1470 g/mol. The average Bonchev–Trinajstić information content (AvgIpc) is 0.871. The number of aliphatic imine (C=N–C) groups is 1. The molecule has 0 heterocycles. The van der Waals surface area contributed by atoms with Gasteiger partial charge in [0.25, 0.3) is 0 Å². The van der Waals surface area contributed by atoms with E-state index in [1.807, 2.05) is 27.7 Å². The second-order valence-electron chi connectivity index (χ2n) is 28.5. The van der Waals surface area contributed by atoms with Gasteiger partial charge in [-0.1, -0.05) is 96.9 Å². The maximum atomic E-state index is 14.3. The van der Waals surface area contributed by atoms with Gasteiger partial charge < -0.3 is 108 Å². The third kappa shape index (κ3) is 40.8. The highest BCUT2D eigenvalue weighted by Crippen LogP contribution is 2.15. The summed E-state index contributed by atoms with van der Waals surface area (Å²) in [6.07, 6.45) is -0.943. The molecule has 0 aromatic carbocycles. The number of guanidine groups is 1. The molecule has 0 bridgehead atoms. The molecule has 0 saturated heterocycles. The molecule has 0 spiro atoms. The summed E-state index contributed by atoms with van der Waals surface area (Å²) in [4.78, 5) is 216. The van der Waals surface area contributed by atoms with E-state index in [9.17, 15) is 86.9 Å². The van der Waals surface area contributed by atoms with Crippen LogP contribution >= 0.6 is 0 Å². The number of nitrogens with zero attached hydrogens (tertiary/aromatic N) is 1. The SMILES string of the molecule is CC(C)C[C@H](NC(=O)[C@H](CC(C)C)NC(=O)[C@H](CC(C)C)NC(=O)[C@H](CCCN=C(N)N)NC(=O)[C@@H](NC(=O)[C@H](CCC(N)=O)NC(=O)CNC(=O)CNC(=O)[C@H](CO)NC(=O)[C@H](CC(C)C)NC(=O)[C@H](CCC(N)=O)NC(=O)CNC(=O)[C@H](CC(C)C)NC(=O)[C@@H](N)CC(C)C)C(C)C)C(=O)O. The third-order valence-corrected chi connectivity index (χ3v) is 15.3. The van der Waals surface area contributed by atoms with Crippen LogP contribution in [0.5, 0.6) is 0 Å². The summed E-state index contributed by atoms with van der Waals surface area (Å²) in [7, 11) is 0. The van der Waals surface area contributed by atoms with Crippen molar-refractivity contribution in [1.82, 2.24) is 69.1 Å². The molecule has 0 aliphatic heterocycles. The minimum absolute atomic E-state index is 0.00197. The molecule has 0 saturated carbocycles. The van der Waals surface area contributed by atoms with Gasteiger partial charge in [-0.05, 0) is 106 Å². The fraction of sp³-hybridized carbons (Fsp3) is 0.742. The quantitative estimate of drug-likeness (QED) is 0.0154. The number of nitrogens with one attached hydrogen (secondary N) is 13. The minimum Gasteiger partial charge on any atom is -0.480 e. The molecular weight excluding hydrogens is 1350 g/mol. The molecule has 0 rings (SSSR count). The van der Waals surface area contributed by atoms with Crippen molar-refractivity contribution in [2.45, 2.75) is 240 Å². The normalized spacial score (nSPS) is 14.5. The molecule has 0 aromatic heterocycles. The Morgan fingerprint density at radius 2 is 0.650 bits per heavy atom. The Balaban J connectivity index is 6.35. The molecule has 0 unspecified atom stereocenters. The smallest absolute Gasteiger partial charge is 0.326 e. The van der Waals surface area contributed by atoms with Crippen LogP contribution in [0, 0.1) is 41.4 Å². The number of aliphatic hydroxyl groups is 1. The Kier molecular flexibility index (Phi) is 44.2. The lowest BCUT2D eigenvalue weighted by molar-refractivity contribution is -0.143. The number of aliphatic carboxylic acids is 1. The van der Waals surface area contributed by atoms with Gasteiger partial charge in [0.1, 0.15) is 60.4 Å². The number of hydrogen-bond acceptors (Lipinski definition) is 19. The summed E-state index contributed by atoms with van der Waals surface area (Å²) in [5.74, 6) is -16.3. The van der Waals surface area contributed by atoms with Crippen LogP contribution in [0.1, 0.15) is 174 Å². The maximum absolute atomic E-state index is 14.3. The number of hydrogen-bond donors (Lipinski definition) is 20. The highest BCUT2D eigenvalue weighted by Gasteiger charge is 2.37. The summed E-state index contributed by atoms with van der Waals surface area (Å²) in [5.41, 5.74) is 27.8. The van der Waals surface area contributed by atoms with Gasteiger partial charge in [0.15, 0.2) is 5.96 Å². The van der Waals surface area contributed by atoms with Crippen molar-refractivity contribution in [2.75, 3.05) is 32.8 Å². The number of carboxylic acid groups (broad SMARTS) is 1. The van der Waals surface area contributed by atoms with Crippen molar-refractivity contribution in [3.63, 3.8) is 0 Å². The molecule has 0 radical (unpaired) electrons. The van der Waals surface area contributed by atoms with Gasteiger partial charge in [0, 0.05) is 19.4 Å². The Morgan fingerprint density at radius 1 is 0.340 bits per heavy atom. The zero-order chi connectivity index (χ0) is 79.1. The fourth-order valence-corrected chi connectivity index (χ4v) is 10.2. The molecule has 586 valence electrons. The lowest BCUT2D eigenvalue weighted by Gasteiger charge is -2.29. The lowest BCUT2D eigenvalue weighted by Crippen LogP contribution is -2.60. The molecule has 0 aliphatic carbocycles. The van der Waals surface area contributed by atoms with Crippen molar-refractivity contribution in [3.8, 4) is 0 Å². The monoisotopic (exact) mass is 1470 g/mol. The number of rotatable bonds is 51. The van der Waals surface area contributed by atoms with E-state index in [4.69, 9.17) is 28.7 Å². The Hall–Kier alpha value is -9.29. The summed E-state index contributed by atoms with van der Waals surface area (Å²) in [5, 5.41) is 52.0. The molecule has 0 fully saturated rings. The van der Waals surface area contributed by atoms with Crippen LogP contribution in [0.15, 0.2) is 4.99 Å². The van der Waals surface area contributed by atoms with Gasteiger partial charge in [0.05, 0.1) is 32.3 Å². The first-order valence-electron chi connectivity index (χ1n) is 34.9. The van der Waals surface area contributed by atoms with Crippen molar-refractivity contribution in [2.24, 2.45) is 75.1 Å². The highest BCUT2D eigenvalue weighted by molar-refractivity contribution is 5.99. The molecule has 15 amide bonds. The summed E-state index contributed by atoms with van der Waals surface area (Å²) < 4.78 is 0. The van der Waals surface area contributed by atoms with E-state index in [0.717, 1.165) is 0 Å². The van der Waals surface area contributed by atoms with Crippen LogP contribution in [-0.4, -0.2) is 210 Å². The molecule has 0 aromatic rings. The van der Waals surface area contributed by atoms with Crippen LogP contribution < -0.4 is 97.8 Å². The first kappa shape index (κ1) is 93.7. The molecule has 103 heavy (non-hydrogen) atoms. The largest absolute Gasteiger partial charge is 0.480 e.